The molecule has 0 aliphatic carbocycles. The van der Waals surface area contributed by atoms with Crippen LogP contribution in [0.25, 0.3) is 0 Å². The van der Waals surface area contributed by atoms with E-state index in [0.29, 0.717) is 0 Å². The highest BCUT2D eigenvalue weighted by Gasteiger charge is 2.56. The van der Waals surface area contributed by atoms with Crippen LogP contribution in [-0.2, 0) is 11.3 Å². The van der Waals surface area contributed by atoms with Crippen molar-refractivity contribution in [3.8, 4) is 0 Å². The molecule has 0 aliphatic heterocycles. The summed E-state index contributed by atoms with van der Waals surface area (Å²) in [4.78, 5) is 24.1. The van der Waals surface area contributed by atoms with Gasteiger partial charge < -0.3 is 10.1 Å². The molecular weight excluding hydrogens is 292 g/mol. The first-order valence-electron chi connectivity index (χ1n) is 5.16. The van der Waals surface area contributed by atoms with E-state index in [1.165, 1.54) is 0 Å². The molecule has 0 saturated carbocycles. The first-order valence-corrected chi connectivity index (χ1v) is 5.16. The third kappa shape index (κ3) is 3.71. The number of ketones is 1. The standard InChI is InChI=1S/C9H8F5N3O3/c10-8(11,9(12,13)14)2-1-6(18)5-16-4-3-15-7(16)17(19)20/h3-4H,1-2,5H2/i12-1. The summed E-state index contributed by atoms with van der Waals surface area (Å²) >= 11 is 0. The summed E-state index contributed by atoms with van der Waals surface area (Å²) in [6.07, 6.45) is -6.42. The van der Waals surface area contributed by atoms with E-state index in [2.05, 4.69) is 4.98 Å². The molecule has 0 N–H and O–H groups in total. The Morgan fingerprint density at radius 2 is 1.95 bits per heavy atom. The molecule has 0 saturated heterocycles. The van der Waals surface area contributed by atoms with Gasteiger partial charge in [-0.25, -0.2) is 4.57 Å². The number of imidazole rings is 1. The second-order valence-corrected chi connectivity index (χ2v) is 3.85. The Morgan fingerprint density at radius 1 is 1.35 bits per heavy atom. The fraction of sp³-hybridized carbons (Fsp3) is 0.556. The summed E-state index contributed by atoms with van der Waals surface area (Å²) in [5, 5.41) is 10.5. The van der Waals surface area contributed by atoms with Crippen LogP contribution < -0.4 is 0 Å². The van der Waals surface area contributed by atoms with E-state index in [4.69, 9.17) is 0 Å². The second-order valence-electron chi connectivity index (χ2n) is 3.85. The van der Waals surface area contributed by atoms with Crippen molar-refractivity contribution in [1.82, 2.24) is 9.55 Å². The van der Waals surface area contributed by atoms with Crippen molar-refractivity contribution in [2.24, 2.45) is 0 Å². The molecule has 1 rings (SSSR count). The fourth-order valence-corrected chi connectivity index (χ4v) is 1.30. The summed E-state index contributed by atoms with van der Waals surface area (Å²) in [7, 11) is 0. The lowest BCUT2D eigenvalue weighted by Gasteiger charge is -2.18. The van der Waals surface area contributed by atoms with Gasteiger partial charge in [0.15, 0.2) is 5.78 Å². The predicted molar refractivity (Wildman–Crippen MR) is 54.1 cm³/mol. The maximum absolute atomic E-state index is 12.6. The first-order chi connectivity index (χ1) is 9.04. The molecule has 1 heterocycles. The second kappa shape index (κ2) is 5.51. The zero-order chi connectivity index (χ0) is 15.6. The van der Waals surface area contributed by atoms with Crippen molar-refractivity contribution in [2.45, 2.75) is 31.5 Å². The number of nitrogens with zero attached hydrogens (tertiary/aromatic N) is 3. The number of carbonyl (C=O) groups is 1. The van der Waals surface area contributed by atoms with E-state index < -0.39 is 48.1 Å². The van der Waals surface area contributed by atoms with Gasteiger partial charge in [0.25, 0.3) is 0 Å². The molecule has 0 fully saturated rings. The Kier molecular flexibility index (Phi) is 4.40. The Hall–Kier alpha value is -2.07. The largest absolute Gasteiger partial charge is 0.453 e. The number of alkyl halides is 5. The van der Waals surface area contributed by atoms with E-state index in [1.807, 2.05) is 0 Å². The molecule has 20 heavy (non-hydrogen) atoms. The summed E-state index contributed by atoms with van der Waals surface area (Å²) in [5.74, 6) is -6.65. The molecule has 6 nitrogen and oxygen atoms in total. The topological polar surface area (TPSA) is 78.0 Å². The van der Waals surface area contributed by atoms with Crippen LogP contribution in [0.15, 0.2) is 12.4 Å². The van der Waals surface area contributed by atoms with Gasteiger partial charge in [0.1, 0.15) is 18.9 Å². The molecule has 0 aliphatic rings. The number of hydrogen-bond acceptors (Lipinski definition) is 4. The minimum absolute atomic E-state index is 0.690. The van der Waals surface area contributed by atoms with Gasteiger partial charge in [-0.3, -0.25) is 4.79 Å². The van der Waals surface area contributed by atoms with Crippen LogP contribution >= 0.6 is 0 Å². The smallest absolute Gasteiger partial charge is 0.390 e. The summed E-state index contributed by atoms with van der Waals surface area (Å²) in [6, 6.07) is 0. The van der Waals surface area contributed by atoms with E-state index >= 15 is 0 Å². The molecule has 1 aromatic heterocycles. The van der Waals surface area contributed by atoms with E-state index in [9.17, 15) is 36.9 Å². The summed E-state index contributed by atoms with van der Waals surface area (Å²) in [6.45, 7) is -0.690. The highest BCUT2D eigenvalue weighted by Crippen LogP contribution is 2.38. The normalized spacial score (nSPS) is 12.4. The van der Waals surface area contributed by atoms with Gasteiger partial charge in [0.05, 0.1) is 0 Å². The van der Waals surface area contributed by atoms with Gasteiger partial charge >= 0.3 is 18.0 Å². The van der Waals surface area contributed by atoms with E-state index in [1.54, 1.807) is 0 Å². The average Bonchev–Trinajstić information content (AvgIpc) is 2.73. The average molecular weight is 300 g/mol. The number of hydrogen-bond donors (Lipinski definition) is 0. The Labute approximate surface area is 108 Å². The molecule has 0 unspecified atom stereocenters. The van der Waals surface area contributed by atoms with Crippen molar-refractivity contribution >= 4 is 11.7 Å². The summed E-state index contributed by atoms with van der Waals surface area (Å²) < 4.78 is 61.5. The first kappa shape index (κ1) is 16.0. The van der Waals surface area contributed by atoms with Crippen LogP contribution in [0.3, 0.4) is 0 Å². The number of aromatic nitrogens is 2. The Morgan fingerprint density at radius 3 is 2.45 bits per heavy atom. The van der Waals surface area contributed by atoms with Crippen LogP contribution in [0, 0.1) is 10.1 Å². The molecule has 0 atom stereocenters. The number of Topliss-reactive ketones (excluding diaryl/α,β-unsaturated/α-hetero) is 1. The molecule has 0 bridgehead atoms. The Balaban J connectivity index is 2.61. The van der Waals surface area contributed by atoms with Crippen LogP contribution in [0.5, 0.6) is 0 Å². The van der Waals surface area contributed by atoms with Crippen molar-refractivity contribution in [2.75, 3.05) is 0 Å². The fourth-order valence-electron chi connectivity index (χ4n) is 1.30. The van der Waals surface area contributed by atoms with Crippen molar-refractivity contribution < 1.29 is 31.7 Å². The zero-order valence-corrected chi connectivity index (χ0v) is 9.73. The minimum Gasteiger partial charge on any atom is -0.390 e. The molecule has 1 aromatic rings. The minimum atomic E-state index is -5.73. The molecular formula is C9H8F5N3O3. The molecule has 0 amide bonds. The van der Waals surface area contributed by atoms with Crippen LogP contribution in [-0.4, -0.2) is 32.4 Å². The third-order valence-corrected chi connectivity index (χ3v) is 2.34. The van der Waals surface area contributed by atoms with Gasteiger partial charge in [0, 0.05) is 12.8 Å². The quantitative estimate of drug-likeness (QED) is 0.459. The maximum atomic E-state index is 12.6. The number of halogens is 5. The Bertz CT molecular complexity index is 511. The molecule has 0 spiro atoms. The maximum Gasteiger partial charge on any atom is 0.453 e. The molecule has 11 heteroatoms. The van der Waals surface area contributed by atoms with Crippen LogP contribution in [0.1, 0.15) is 12.8 Å². The highest BCUT2D eigenvalue weighted by atomic mass is 19.3. The summed E-state index contributed by atoms with van der Waals surface area (Å²) in [5.41, 5.74) is 0. The van der Waals surface area contributed by atoms with Crippen molar-refractivity contribution in [3.63, 3.8) is 0 Å². The lowest BCUT2D eigenvalue weighted by molar-refractivity contribution is -0.396. The van der Waals surface area contributed by atoms with Gasteiger partial charge in [-0.05, 0) is 4.92 Å². The zero-order valence-electron chi connectivity index (χ0n) is 9.73. The number of nitro groups is 1. The number of carbonyl (C=O) groups excluding carboxylic acids is 1. The van der Waals surface area contributed by atoms with Gasteiger partial charge in [0.2, 0.25) is 0 Å². The SMILES string of the molecule is O=C(CCC(F)(F)C(F)(F)[18F])Cn1ccnc1[N+](=O)[O-]. The van der Waals surface area contributed by atoms with E-state index in [-0.39, 0.29) is 0 Å². The van der Waals surface area contributed by atoms with Gasteiger partial charge in [-0.1, -0.05) is 4.98 Å². The molecule has 112 valence electrons. The monoisotopic (exact) mass is 300 g/mol. The van der Waals surface area contributed by atoms with Crippen LogP contribution in [0.4, 0.5) is 27.9 Å². The van der Waals surface area contributed by atoms with Crippen molar-refractivity contribution in [1.29, 1.82) is 0 Å². The molecule has 0 radical (unpaired) electrons. The van der Waals surface area contributed by atoms with Gasteiger partial charge in [-0.15, -0.1) is 0 Å². The molecule has 0 aromatic carbocycles. The lowest BCUT2D eigenvalue weighted by Crippen LogP contribution is -2.36. The lowest BCUT2D eigenvalue weighted by atomic mass is 10.1. The van der Waals surface area contributed by atoms with Crippen LogP contribution in [0.2, 0.25) is 0 Å². The number of rotatable bonds is 6. The highest BCUT2D eigenvalue weighted by molar-refractivity contribution is 5.78. The van der Waals surface area contributed by atoms with Gasteiger partial charge in [-0.2, -0.15) is 22.0 Å². The third-order valence-electron chi connectivity index (χ3n) is 2.34. The van der Waals surface area contributed by atoms with E-state index in [0.717, 1.165) is 17.0 Å². The predicted octanol–water partition coefficient (Wildman–Crippen LogP) is 2.34. The van der Waals surface area contributed by atoms with Crippen molar-refractivity contribution in [3.05, 3.63) is 22.5 Å².